The highest BCUT2D eigenvalue weighted by Gasteiger charge is 2.26. The van der Waals surface area contributed by atoms with Gasteiger partial charge in [0.05, 0.1) is 34.4 Å². The van der Waals surface area contributed by atoms with E-state index in [4.69, 9.17) is 18.5 Å². The van der Waals surface area contributed by atoms with Crippen LogP contribution in [0.3, 0.4) is 0 Å². The van der Waals surface area contributed by atoms with Gasteiger partial charge in [-0.05, 0) is 12.8 Å². The van der Waals surface area contributed by atoms with Gasteiger partial charge in [-0.25, -0.2) is 4.57 Å². The molecule has 0 aromatic heterocycles. The van der Waals surface area contributed by atoms with Gasteiger partial charge in [-0.2, -0.15) is 0 Å². The number of ether oxygens (including phenoxy) is 2. The molecule has 0 aromatic rings. The van der Waals surface area contributed by atoms with Gasteiger partial charge >= 0.3 is 13.8 Å². The average Bonchev–Trinajstić information content (AvgIpc) is 2.90. The number of hydrogen-bond donors (Lipinski definition) is 1. The number of hydrogen-bond acceptors (Lipinski definition) is 6. The van der Waals surface area contributed by atoms with E-state index in [9.17, 15) is 14.3 Å². The number of unbranched alkanes of at least 4 members (excludes halogenated alkanes) is 17. The first-order chi connectivity index (χ1) is 19.6. The van der Waals surface area contributed by atoms with Crippen molar-refractivity contribution in [2.24, 2.45) is 0 Å². The summed E-state index contributed by atoms with van der Waals surface area (Å²) < 4.78 is 34.6. The van der Waals surface area contributed by atoms with Gasteiger partial charge in [0.1, 0.15) is 19.3 Å². The van der Waals surface area contributed by atoms with E-state index in [0.717, 1.165) is 32.1 Å². The molecule has 1 N–H and O–H groups in total. The van der Waals surface area contributed by atoms with Crippen LogP contribution in [-0.4, -0.2) is 75.6 Å². The van der Waals surface area contributed by atoms with Crippen molar-refractivity contribution in [3.8, 4) is 0 Å². The van der Waals surface area contributed by atoms with Crippen molar-refractivity contribution in [3.63, 3.8) is 0 Å². The minimum absolute atomic E-state index is 0.0928. The molecular weight excluding hydrogens is 541 g/mol. The monoisotopic (exact) mass is 608 g/mol. The second-order valence-corrected chi connectivity index (χ2v) is 14.0. The summed E-state index contributed by atoms with van der Waals surface area (Å²) in [5.74, 6) is -0.317. The molecule has 0 heterocycles. The van der Waals surface area contributed by atoms with Crippen molar-refractivity contribution in [1.29, 1.82) is 0 Å². The number of esters is 1. The molecule has 0 bridgehead atoms. The lowest BCUT2D eigenvalue weighted by molar-refractivity contribution is -0.870. The van der Waals surface area contributed by atoms with Crippen molar-refractivity contribution < 1.29 is 37.3 Å². The van der Waals surface area contributed by atoms with Gasteiger partial charge in [0.2, 0.25) is 0 Å². The third kappa shape index (κ3) is 30.8. The Morgan fingerprint density at radius 3 is 1.61 bits per heavy atom. The summed E-state index contributed by atoms with van der Waals surface area (Å²) in [4.78, 5) is 22.6. The van der Waals surface area contributed by atoms with Gasteiger partial charge in [-0.1, -0.05) is 123 Å². The Balaban J connectivity index is 4.35. The maximum Gasteiger partial charge on any atom is 0.472 e. The fourth-order valence-corrected chi connectivity index (χ4v) is 5.23. The van der Waals surface area contributed by atoms with E-state index >= 15 is 0 Å². The molecule has 0 amide bonds. The molecule has 246 valence electrons. The molecule has 0 saturated heterocycles. The molecule has 0 radical (unpaired) electrons. The number of nitrogens with zero attached hydrogens (tertiary/aromatic N) is 1. The van der Waals surface area contributed by atoms with E-state index in [1.165, 1.54) is 89.9 Å². The van der Waals surface area contributed by atoms with E-state index in [-0.39, 0.29) is 25.8 Å². The van der Waals surface area contributed by atoms with Crippen LogP contribution >= 0.6 is 7.82 Å². The second-order valence-electron chi connectivity index (χ2n) is 12.6. The van der Waals surface area contributed by atoms with Crippen molar-refractivity contribution in [2.45, 2.75) is 148 Å². The molecule has 0 aliphatic heterocycles. The topological polar surface area (TPSA) is 91.3 Å². The zero-order valence-electron chi connectivity index (χ0n) is 27.5. The minimum atomic E-state index is -4.25. The van der Waals surface area contributed by atoms with Gasteiger partial charge in [0.15, 0.2) is 0 Å². The molecule has 0 spiro atoms. The molecule has 0 aromatic carbocycles. The van der Waals surface area contributed by atoms with Crippen molar-refractivity contribution in [1.82, 2.24) is 0 Å². The van der Waals surface area contributed by atoms with Gasteiger partial charge in [-0.15, -0.1) is 0 Å². The molecule has 9 heteroatoms. The van der Waals surface area contributed by atoms with Crippen LogP contribution in [0.5, 0.6) is 0 Å². The Bertz CT molecular complexity index is 642. The molecule has 2 atom stereocenters. The lowest BCUT2D eigenvalue weighted by Gasteiger charge is -2.24. The van der Waals surface area contributed by atoms with Crippen LogP contribution in [0.25, 0.3) is 0 Å². The van der Waals surface area contributed by atoms with Crippen molar-refractivity contribution in [2.75, 3.05) is 54.1 Å². The van der Waals surface area contributed by atoms with E-state index in [2.05, 4.69) is 13.8 Å². The average molecular weight is 609 g/mol. The number of rotatable bonds is 31. The summed E-state index contributed by atoms with van der Waals surface area (Å²) >= 11 is 0. The predicted molar refractivity (Wildman–Crippen MR) is 169 cm³/mol. The van der Waals surface area contributed by atoms with Gasteiger partial charge in [0, 0.05) is 13.0 Å². The fraction of sp³-hybridized carbons (Fsp3) is 0.969. The Labute approximate surface area is 253 Å². The highest BCUT2D eigenvalue weighted by Crippen LogP contribution is 2.43. The molecular formula is C32H67NO7P+. The molecule has 0 aliphatic rings. The zero-order valence-corrected chi connectivity index (χ0v) is 28.4. The van der Waals surface area contributed by atoms with Gasteiger partial charge in [0.25, 0.3) is 0 Å². The number of phosphoric acid groups is 1. The number of likely N-dealkylation sites (N-methyl/N-ethyl adjacent to an activating group) is 1. The zero-order chi connectivity index (χ0) is 30.7. The molecule has 0 fully saturated rings. The number of phosphoric ester groups is 1. The van der Waals surface area contributed by atoms with Crippen molar-refractivity contribution in [3.05, 3.63) is 0 Å². The van der Waals surface area contributed by atoms with Crippen molar-refractivity contribution >= 4 is 13.8 Å². The van der Waals surface area contributed by atoms with Crippen LogP contribution in [0.2, 0.25) is 0 Å². The normalized spacial score (nSPS) is 14.2. The lowest BCUT2D eigenvalue weighted by atomic mass is 10.1. The van der Waals surface area contributed by atoms with Crippen LogP contribution in [0.4, 0.5) is 0 Å². The first kappa shape index (κ1) is 40.5. The van der Waals surface area contributed by atoms with Crippen LogP contribution in [0.1, 0.15) is 142 Å². The van der Waals surface area contributed by atoms with Gasteiger partial charge in [-0.3, -0.25) is 13.8 Å². The Morgan fingerprint density at radius 2 is 1.12 bits per heavy atom. The van der Waals surface area contributed by atoms with Crippen LogP contribution < -0.4 is 0 Å². The third-order valence-corrected chi connectivity index (χ3v) is 8.15. The number of quaternary nitrogens is 1. The quantitative estimate of drug-likeness (QED) is 0.0365. The molecule has 2 unspecified atom stereocenters. The summed E-state index contributed by atoms with van der Waals surface area (Å²) in [5, 5.41) is 0. The Hall–Kier alpha value is -0.500. The Morgan fingerprint density at radius 1 is 0.659 bits per heavy atom. The minimum Gasteiger partial charge on any atom is -0.457 e. The number of carbonyl (C=O) groups excluding carboxylic acids is 1. The first-order valence-electron chi connectivity index (χ1n) is 16.8. The predicted octanol–water partition coefficient (Wildman–Crippen LogP) is 8.60. The Kier molecular flexibility index (Phi) is 26.7. The highest BCUT2D eigenvalue weighted by atomic mass is 31.2. The second kappa shape index (κ2) is 27.1. The number of carbonyl (C=O) groups is 1. The van der Waals surface area contributed by atoms with Gasteiger partial charge < -0.3 is 18.9 Å². The van der Waals surface area contributed by atoms with E-state index in [1.807, 2.05) is 21.1 Å². The van der Waals surface area contributed by atoms with Crippen LogP contribution in [0.15, 0.2) is 0 Å². The summed E-state index contributed by atoms with van der Waals surface area (Å²) in [6, 6.07) is 0. The molecule has 8 nitrogen and oxygen atoms in total. The standard InChI is InChI=1S/C32H66NO7P/c1-6-8-10-12-14-16-18-20-22-24-27-37-29-31(30-39-41(35,36)38-28-26-33(3,4)5)40-32(34)25-23-21-19-17-15-13-11-9-7-2/h31H,6-30H2,1-5H3/p+1. The summed E-state index contributed by atoms with van der Waals surface area (Å²) in [6.45, 7) is 5.60. The molecule has 0 rings (SSSR count). The summed E-state index contributed by atoms with van der Waals surface area (Å²) in [6.07, 6.45) is 22.7. The molecule has 0 saturated carbocycles. The van der Waals surface area contributed by atoms with E-state index in [1.54, 1.807) is 0 Å². The lowest BCUT2D eigenvalue weighted by Crippen LogP contribution is -2.37. The SMILES string of the molecule is CCCCCCCCCCCCOCC(COP(=O)(O)OCC[N+](C)(C)C)OC(=O)CCCCCCCCCCC. The van der Waals surface area contributed by atoms with E-state index < -0.39 is 13.9 Å². The highest BCUT2D eigenvalue weighted by molar-refractivity contribution is 7.47. The van der Waals surface area contributed by atoms with Crippen LogP contribution in [0, 0.1) is 0 Å². The first-order valence-corrected chi connectivity index (χ1v) is 18.3. The smallest absolute Gasteiger partial charge is 0.457 e. The molecule has 41 heavy (non-hydrogen) atoms. The fourth-order valence-electron chi connectivity index (χ4n) is 4.49. The maximum absolute atomic E-state index is 12.5. The maximum atomic E-state index is 12.5. The molecule has 0 aliphatic carbocycles. The summed E-state index contributed by atoms with van der Waals surface area (Å²) in [7, 11) is 1.67. The largest absolute Gasteiger partial charge is 0.472 e. The van der Waals surface area contributed by atoms with Crippen LogP contribution in [-0.2, 0) is 27.9 Å². The third-order valence-electron chi connectivity index (χ3n) is 7.17. The summed E-state index contributed by atoms with van der Waals surface area (Å²) in [5.41, 5.74) is 0. The van der Waals surface area contributed by atoms with E-state index in [0.29, 0.717) is 24.1 Å².